The molecule has 0 unspecified atom stereocenters. The molecule has 1 heterocycles. The molecule has 2 rings (SSSR count). The molecule has 4 nitrogen and oxygen atoms in total. The average Bonchev–Trinajstić information content (AvgIpc) is 2.31. The summed E-state index contributed by atoms with van der Waals surface area (Å²) in [4.78, 5) is 0. The van der Waals surface area contributed by atoms with Crippen LogP contribution in [0, 0.1) is 0 Å². The molecular weight excluding hydrogens is 240 g/mol. The van der Waals surface area contributed by atoms with E-state index >= 15 is 0 Å². The molecule has 0 radical (unpaired) electrons. The molecule has 0 bridgehead atoms. The normalized spacial score (nSPS) is 18.9. The molecule has 1 aromatic carbocycles. The largest absolute Gasteiger partial charge is 0.506 e. The lowest BCUT2D eigenvalue weighted by molar-refractivity contribution is 0.0232. The highest BCUT2D eigenvalue weighted by atomic mass is 35.5. The lowest BCUT2D eigenvalue weighted by atomic mass is 9.92. The Balaban J connectivity index is 1.99. The summed E-state index contributed by atoms with van der Waals surface area (Å²) in [6.07, 6.45) is 1.42. The summed E-state index contributed by atoms with van der Waals surface area (Å²) in [5.74, 6) is 0.145. The van der Waals surface area contributed by atoms with E-state index in [0.29, 0.717) is 30.1 Å². The van der Waals surface area contributed by atoms with Crippen LogP contribution in [0.5, 0.6) is 5.75 Å². The van der Waals surface area contributed by atoms with Crippen molar-refractivity contribution in [2.24, 2.45) is 0 Å². The fourth-order valence-corrected chi connectivity index (χ4v) is 2.15. The van der Waals surface area contributed by atoms with Crippen LogP contribution < -0.4 is 10.6 Å². The molecule has 0 aromatic heterocycles. The van der Waals surface area contributed by atoms with E-state index in [0.717, 1.165) is 13.1 Å². The maximum absolute atomic E-state index is 10.3. The Bertz CT molecular complexity index is 392. The van der Waals surface area contributed by atoms with Crippen molar-refractivity contribution in [2.75, 3.05) is 25.0 Å². The van der Waals surface area contributed by atoms with E-state index in [1.165, 1.54) is 6.07 Å². The second-order valence-electron chi connectivity index (χ2n) is 4.49. The highest BCUT2D eigenvalue weighted by Crippen LogP contribution is 2.28. The summed E-state index contributed by atoms with van der Waals surface area (Å²) in [6.45, 7) is 2.06. The number of phenols is 1. The standard InChI is InChI=1S/C12H17ClN2O2/c13-9-1-2-11(16)10(7-9)15-8-12(17)3-5-14-6-4-12/h1-2,7,14-17H,3-6,8H2. The van der Waals surface area contributed by atoms with Crippen LogP contribution in [0.4, 0.5) is 5.69 Å². The van der Waals surface area contributed by atoms with Gasteiger partial charge >= 0.3 is 0 Å². The van der Waals surface area contributed by atoms with Crippen molar-refractivity contribution in [1.29, 1.82) is 0 Å². The number of anilines is 1. The molecule has 1 aliphatic heterocycles. The van der Waals surface area contributed by atoms with Crippen molar-refractivity contribution in [3.05, 3.63) is 23.2 Å². The minimum absolute atomic E-state index is 0.145. The number of phenolic OH excluding ortho intramolecular Hbond substituents is 1. The Morgan fingerprint density at radius 2 is 2.06 bits per heavy atom. The molecule has 0 atom stereocenters. The molecule has 17 heavy (non-hydrogen) atoms. The van der Waals surface area contributed by atoms with Gasteiger partial charge in [0.15, 0.2) is 0 Å². The topological polar surface area (TPSA) is 64.5 Å². The molecule has 0 amide bonds. The van der Waals surface area contributed by atoms with Gasteiger partial charge in [0.25, 0.3) is 0 Å². The summed E-state index contributed by atoms with van der Waals surface area (Å²) < 4.78 is 0. The number of benzene rings is 1. The summed E-state index contributed by atoms with van der Waals surface area (Å²) in [5, 5.41) is 26.7. The van der Waals surface area contributed by atoms with Gasteiger partial charge in [-0.1, -0.05) is 11.6 Å². The van der Waals surface area contributed by atoms with Crippen LogP contribution in [-0.4, -0.2) is 35.4 Å². The molecular formula is C12H17ClN2O2. The third-order valence-electron chi connectivity index (χ3n) is 3.10. The Morgan fingerprint density at radius 1 is 1.35 bits per heavy atom. The van der Waals surface area contributed by atoms with Crippen LogP contribution in [0.25, 0.3) is 0 Å². The van der Waals surface area contributed by atoms with Crippen LogP contribution in [-0.2, 0) is 0 Å². The lowest BCUT2D eigenvalue weighted by Gasteiger charge is -2.33. The quantitative estimate of drug-likeness (QED) is 0.620. The van der Waals surface area contributed by atoms with Gasteiger partial charge in [-0.3, -0.25) is 0 Å². The first-order chi connectivity index (χ1) is 8.09. The van der Waals surface area contributed by atoms with E-state index in [-0.39, 0.29) is 5.75 Å². The highest BCUT2D eigenvalue weighted by molar-refractivity contribution is 6.30. The Kier molecular flexibility index (Phi) is 3.76. The zero-order valence-electron chi connectivity index (χ0n) is 9.54. The van der Waals surface area contributed by atoms with E-state index in [9.17, 15) is 10.2 Å². The molecule has 0 saturated carbocycles. The summed E-state index contributed by atoms with van der Waals surface area (Å²) in [5.41, 5.74) is -0.149. The average molecular weight is 257 g/mol. The predicted molar refractivity (Wildman–Crippen MR) is 68.7 cm³/mol. The van der Waals surface area contributed by atoms with Crippen molar-refractivity contribution < 1.29 is 10.2 Å². The third-order valence-corrected chi connectivity index (χ3v) is 3.34. The Morgan fingerprint density at radius 3 is 2.76 bits per heavy atom. The molecule has 1 saturated heterocycles. The zero-order chi connectivity index (χ0) is 12.3. The maximum Gasteiger partial charge on any atom is 0.138 e. The van der Waals surface area contributed by atoms with E-state index in [4.69, 9.17) is 11.6 Å². The second-order valence-corrected chi connectivity index (χ2v) is 4.93. The van der Waals surface area contributed by atoms with Gasteiger partial charge in [0.1, 0.15) is 5.75 Å². The third kappa shape index (κ3) is 3.25. The van der Waals surface area contributed by atoms with Gasteiger partial charge in [0.2, 0.25) is 0 Å². The van der Waals surface area contributed by atoms with Gasteiger partial charge in [-0.05, 0) is 44.1 Å². The first kappa shape index (κ1) is 12.5. The van der Waals surface area contributed by atoms with Crippen LogP contribution in [0.15, 0.2) is 18.2 Å². The first-order valence-corrected chi connectivity index (χ1v) is 6.12. The fraction of sp³-hybridized carbons (Fsp3) is 0.500. The number of piperidine rings is 1. The van der Waals surface area contributed by atoms with Gasteiger partial charge in [-0.15, -0.1) is 0 Å². The van der Waals surface area contributed by atoms with Crippen molar-refractivity contribution in [3.8, 4) is 5.75 Å². The number of hydrogen-bond acceptors (Lipinski definition) is 4. The van der Waals surface area contributed by atoms with E-state index in [1.54, 1.807) is 12.1 Å². The SMILES string of the molecule is Oc1ccc(Cl)cc1NCC1(O)CCNCC1. The summed E-state index contributed by atoms with van der Waals surface area (Å²) >= 11 is 5.85. The molecule has 94 valence electrons. The monoisotopic (exact) mass is 256 g/mol. The number of aliphatic hydroxyl groups is 1. The fourth-order valence-electron chi connectivity index (χ4n) is 1.98. The van der Waals surface area contributed by atoms with E-state index in [1.807, 2.05) is 0 Å². The summed E-state index contributed by atoms with van der Waals surface area (Å²) in [6, 6.07) is 4.82. The minimum atomic E-state index is -0.708. The molecule has 0 spiro atoms. The van der Waals surface area contributed by atoms with Crippen LogP contribution in [0.2, 0.25) is 5.02 Å². The Hall–Kier alpha value is -0.970. The predicted octanol–water partition coefficient (Wildman–Crippen LogP) is 1.57. The van der Waals surface area contributed by atoms with Crippen LogP contribution in [0.1, 0.15) is 12.8 Å². The molecule has 0 aliphatic carbocycles. The number of nitrogens with one attached hydrogen (secondary N) is 2. The highest BCUT2D eigenvalue weighted by Gasteiger charge is 2.28. The smallest absolute Gasteiger partial charge is 0.138 e. The number of aromatic hydroxyl groups is 1. The van der Waals surface area contributed by atoms with E-state index < -0.39 is 5.60 Å². The number of halogens is 1. The molecule has 1 fully saturated rings. The van der Waals surface area contributed by atoms with Crippen molar-refractivity contribution >= 4 is 17.3 Å². The van der Waals surface area contributed by atoms with Gasteiger partial charge in [0, 0.05) is 11.6 Å². The molecule has 4 N–H and O–H groups in total. The van der Waals surface area contributed by atoms with Gasteiger partial charge in [-0.25, -0.2) is 0 Å². The molecule has 1 aromatic rings. The molecule has 5 heteroatoms. The zero-order valence-corrected chi connectivity index (χ0v) is 10.3. The van der Waals surface area contributed by atoms with Crippen LogP contribution >= 0.6 is 11.6 Å². The maximum atomic E-state index is 10.3. The van der Waals surface area contributed by atoms with Gasteiger partial charge in [0.05, 0.1) is 11.3 Å². The van der Waals surface area contributed by atoms with Crippen molar-refractivity contribution in [1.82, 2.24) is 5.32 Å². The van der Waals surface area contributed by atoms with Crippen molar-refractivity contribution in [2.45, 2.75) is 18.4 Å². The summed E-state index contributed by atoms with van der Waals surface area (Å²) in [7, 11) is 0. The number of rotatable bonds is 3. The second kappa shape index (κ2) is 5.12. The van der Waals surface area contributed by atoms with Gasteiger partial charge in [-0.2, -0.15) is 0 Å². The van der Waals surface area contributed by atoms with E-state index in [2.05, 4.69) is 10.6 Å². The first-order valence-electron chi connectivity index (χ1n) is 5.75. The van der Waals surface area contributed by atoms with Crippen LogP contribution in [0.3, 0.4) is 0 Å². The van der Waals surface area contributed by atoms with Crippen molar-refractivity contribution in [3.63, 3.8) is 0 Å². The Labute approximate surface area is 106 Å². The minimum Gasteiger partial charge on any atom is -0.506 e. The van der Waals surface area contributed by atoms with Gasteiger partial charge < -0.3 is 20.8 Å². The number of hydrogen-bond donors (Lipinski definition) is 4. The lowest BCUT2D eigenvalue weighted by Crippen LogP contribution is -2.46. The molecule has 1 aliphatic rings.